The Bertz CT molecular complexity index is 270. The van der Waals surface area contributed by atoms with Gasteiger partial charge in [-0.05, 0) is 12.8 Å². The van der Waals surface area contributed by atoms with Gasteiger partial charge in [-0.1, -0.05) is 0 Å². The van der Waals surface area contributed by atoms with Crippen molar-refractivity contribution in [2.45, 2.75) is 43.2 Å². The zero-order valence-electron chi connectivity index (χ0n) is 9.80. The van der Waals surface area contributed by atoms with Crippen LogP contribution in [0.15, 0.2) is 0 Å². The minimum atomic E-state index is 0.419. The number of epoxide rings is 3. The molecule has 6 heteroatoms. The van der Waals surface area contributed by atoms with Crippen LogP contribution in [0.1, 0.15) is 12.8 Å². The van der Waals surface area contributed by atoms with E-state index in [2.05, 4.69) is 16.0 Å². The first-order valence-corrected chi connectivity index (χ1v) is 6.51. The molecule has 17 heavy (non-hydrogen) atoms. The lowest BCUT2D eigenvalue weighted by Gasteiger charge is -2.24. The van der Waals surface area contributed by atoms with Crippen molar-refractivity contribution in [1.29, 1.82) is 0 Å². The average molecular weight is 241 g/mol. The molecule has 0 saturated carbocycles. The molecule has 0 aromatic carbocycles. The van der Waals surface area contributed by atoms with Gasteiger partial charge in [-0.15, -0.1) is 0 Å². The van der Waals surface area contributed by atoms with Crippen molar-refractivity contribution < 1.29 is 14.2 Å². The van der Waals surface area contributed by atoms with E-state index in [0.29, 0.717) is 30.4 Å². The van der Waals surface area contributed by atoms with Crippen LogP contribution in [0.4, 0.5) is 0 Å². The van der Waals surface area contributed by atoms with Crippen LogP contribution in [0.5, 0.6) is 0 Å². The number of hydrazine groups is 2. The Balaban J connectivity index is 1.38. The summed E-state index contributed by atoms with van der Waals surface area (Å²) in [4.78, 5) is 0. The first kappa shape index (κ1) is 10.7. The number of rotatable bonds is 6. The average Bonchev–Trinajstić information content (AvgIpc) is 3.17. The van der Waals surface area contributed by atoms with Gasteiger partial charge < -0.3 is 14.2 Å². The molecule has 4 heterocycles. The second kappa shape index (κ2) is 4.15. The molecule has 0 aliphatic carbocycles. The Kier molecular flexibility index (Phi) is 2.60. The van der Waals surface area contributed by atoms with Crippen molar-refractivity contribution in [3.8, 4) is 0 Å². The Morgan fingerprint density at radius 2 is 1.59 bits per heavy atom. The van der Waals surface area contributed by atoms with Crippen molar-refractivity contribution in [3.05, 3.63) is 0 Å². The van der Waals surface area contributed by atoms with Crippen molar-refractivity contribution in [2.75, 3.05) is 26.4 Å². The fourth-order valence-corrected chi connectivity index (χ4v) is 2.60. The van der Waals surface area contributed by atoms with Gasteiger partial charge in [0.1, 0.15) is 0 Å². The predicted octanol–water partition coefficient (Wildman–Crippen LogP) is -0.975. The van der Waals surface area contributed by atoms with E-state index in [1.807, 2.05) is 0 Å². The van der Waals surface area contributed by atoms with Crippen LogP contribution in [0.25, 0.3) is 0 Å². The standard InChI is InChI=1S/C11H19N3O3/c1(7-4-15-7)10-11(2-8-5-16-8)14(13-12-10)3-9-6-17-9/h7-13H,1-6H2. The third kappa shape index (κ3) is 2.62. The summed E-state index contributed by atoms with van der Waals surface area (Å²) < 4.78 is 16.0. The summed E-state index contributed by atoms with van der Waals surface area (Å²) in [5.74, 6) is 0. The van der Waals surface area contributed by atoms with Crippen LogP contribution in [0, 0.1) is 0 Å². The van der Waals surface area contributed by atoms with E-state index in [9.17, 15) is 0 Å². The molecule has 96 valence electrons. The Hall–Kier alpha value is -0.240. The quantitative estimate of drug-likeness (QED) is 0.583. The molecule has 4 aliphatic rings. The number of hydrogen-bond acceptors (Lipinski definition) is 6. The maximum atomic E-state index is 5.36. The molecule has 0 amide bonds. The third-order valence-electron chi connectivity index (χ3n) is 3.89. The Morgan fingerprint density at radius 1 is 0.941 bits per heavy atom. The van der Waals surface area contributed by atoms with Crippen LogP contribution < -0.4 is 11.0 Å². The molecule has 0 aromatic heterocycles. The van der Waals surface area contributed by atoms with Gasteiger partial charge in [0, 0.05) is 18.6 Å². The zero-order chi connectivity index (χ0) is 11.2. The summed E-state index contributed by atoms with van der Waals surface area (Å²) in [7, 11) is 0. The summed E-state index contributed by atoms with van der Waals surface area (Å²) in [6.07, 6.45) is 3.54. The maximum absolute atomic E-state index is 5.36. The lowest BCUT2D eigenvalue weighted by atomic mass is 9.99. The summed E-state index contributed by atoms with van der Waals surface area (Å²) in [6.45, 7) is 3.72. The van der Waals surface area contributed by atoms with E-state index in [-0.39, 0.29) is 0 Å². The molecule has 4 saturated heterocycles. The molecular weight excluding hydrogens is 222 g/mol. The molecule has 0 spiro atoms. The summed E-state index contributed by atoms with van der Waals surface area (Å²) in [6, 6.07) is 0.960. The fourth-order valence-electron chi connectivity index (χ4n) is 2.60. The first-order valence-electron chi connectivity index (χ1n) is 6.51. The smallest absolute Gasteiger partial charge is 0.0951 e. The SMILES string of the molecule is C1OC1CC1NNN(CC2CO2)C1CC1CO1. The molecule has 5 atom stereocenters. The molecule has 0 aromatic rings. The normalized spacial score (nSPS) is 48.4. The number of ether oxygens (including phenoxy) is 3. The van der Waals surface area contributed by atoms with Gasteiger partial charge in [0.05, 0.1) is 38.1 Å². The Morgan fingerprint density at radius 3 is 2.24 bits per heavy atom. The van der Waals surface area contributed by atoms with Crippen molar-refractivity contribution in [2.24, 2.45) is 0 Å². The van der Waals surface area contributed by atoms with Gasteiger partial charge in [-0.2, -0.15) is 5.53 Å². The van der Waals surface area contributed by atoms with E-state index in [4.69, 9.17) is 14.2 Å². The van der Waals surface area contributed by atoms with Gasteiger partial charge >= 0.3 is 0 Å². The monoisotopic (exact) mass is 241 g/mol. The molecule has 0 bridgehead atoms. The van der Waals surface area contributed by atoms with Gasteiger partial charge in [-0.25, -0.2) is 10.4 Å². The lowest BCUT2D eigenvalue weighted by molar-refractivity contribution is 0.143. The highest BCUT2D eigenvalue weighted by atomic mass is 16.6. The van der Waals surface area contributed by atoms with Crippen LogP contribution in [-0.2, 0) is 14.2 Å². The minimum Gasteiger partial charge on any atom is -0.373 e. The van der Waals surface area contributed by atoms with Gasteiger partial charge in [0.2, 0.25) is 0 Å². The van der Waals surface area contributed by atoms with E-state index >= 15 is 0 Å². The fraction of sp³-hybridized carbons (Fsp3) is 1.00. The number of nitrogens with zero attached hydrogens (tertiary/aromatic N) is 1. The highest BCUT2D eigenvalue weighted by molar-refractivity contribution is 4.95. The lowest BCUT2D eigenvalue weighted by Crippen LogP contribution is -2.43. The van der Waals surface area contributed by atoms with E-state index in [0.717, 1.165) is 39.2 Å². The Labute approximate surface area is 101 Å². The number of nitrogens with one attached hydrogen (secondary N) is 2. The van der Waals surface area contributed by atoms with Crippen molar-refractivity contribution in [3.63, 3.8) is 0 Å². The molecule has 4 aliphatic heterocycles. The van der Waals surface area contributed by atoms with Crippen LogP contribution >= 0.6 is 0 Å². The molecule has 6 nitrogen and oxygen atoms in total. The van der Waals surface area contributed by atoms with E-state index in [1.165, 1.54) is 0 Å². The van der Waals surface area contributed by atoms with Gasteiger partial charge in [0.15, 0.2) is 0 Å². The number of hydrogen-bond donors (Lipinski definition) is 2. The largest absolute Gasteiger partial charge is 0.373 e. The molecule has 4 fully saturated rings. The highest BCUT2D eigenvalue weighted by Gasteiger charge is 2.43. The second-order valence-corrected chi connectivity index (χ2v) is 5.42. The van der Waals surface area contributed by atoms with Crippen LogP contribution in [0.2, 0.25) is 0 Å². The summed E-state index contributed by atoms with van der Waals surface area (Å²) in [5, 5.41) is 2.28. The molecule has 5 unspecified atom stereocenters. The second-order valence-electron chi connectivity index (χ2n) is 5.42. The van der Waals surface area contributed by atoms with Gasteiger partial charge in [-0.3, -0.25) is 0 Å². The minimum absolute atomic E-state index is 0.419. The predicted molar refractivity (Wildman–Crippen MR) is 59.0 cm³/mol. The molecule has 4 rings (SSSR count). The third-order valence-corrected chi connectivity index (χ3v) is 3.89. The summed E-state index contributed by atoms with van der Waals surface area (Å²) in [5.41, 5.74) is 6.67. The van der Waals surface area contributed by atoms with Gasteiger partial charge in [0.25, 0.3) is 0 Å². The first-order chi connectivity index (χ1) is 8.38. The molecule has 2 N–H and O–H groups in total. The maximum Gasteiger partial charge on any atom is 0.0951 e. The zero-order valence-corrected chi connectivity index (χ0v) is 9.80. The van der Waals surface area contributed by atoms with Crippen molar-refractivity contribution in [1.82, 2.24) is 16.0 Å². The topological polar surface area (TPSA) is 64.9 Å². The van der Waals surface area contributed by atoms with Crippen LogP contribution in [-0.4, -0.2) is 61.8 Å². The molecule has 0 radical (unpaired) electrons. The van der Waals surface area contributed by atoms with E-state index in [1.54, 1.807) is 0 Å². The molecular formula is C11H19N3O3. The van der Waals surface area contributed by atoms with Crippen molar-refractivity contribution >= 4 is 0 Å². The van der Waals surface area contributed by atoms with E-state index < -0.39 is 0 Å². The highest BCUT2D eigenvalue weighted by Crippen LogP contribution is 2.28. The summed E-state index contributed by atoms with van der Waals surface area (Å²) >= 11 is 0. The van der Waals surface area contributed by atoms with Crippen LogP contribution in [0.3, 0.4) is 0 Å².